The van der Waals surface area contributed by atoms with Crippen molar-refractivity contribution in [3.63, 3.8) is 0 Å². The van der Waals surface area contributed by atoms with E-state index in [2.05, 4.69) is 15.3 Å². The molecule has 0 unspecified atom stereocenters. The summed E-state index contributed by atoms with van der Waals surface area (Å²) in [5, 5.41) is 10.7. The maximum absolute atomic E-state index is 13.1. The Morgan fingerprint density at radius 2 is 2.16 bits per heavy atom. The number of nitrogens with two attached hydrogens (primary N) is 1. The standard InChI is InChI=1S/C9H9F2N3O5/c1-18-7-3-2-5(4-6(7)14(16)17)19-9(10,11)8(15)13-12/h2-4H,12H2,1H3,(H,13,15). The van der Waals surface area contributed by atoms with E-state index in [9.17, 15) is 23.7 Å². The minimum atomic E-state index is -4.25. The van der Waals surface area contributed by atoms with Gasteiger partial charge in [0.15, 0.2) is 5.75 Å². The number of nitrogens with zero attached hydrogens (tertiary/aromatic N) is 1. The Bertz CT molecular complexity index is 509. The highest BCUT2D eigenvalue weighted by molar-refractivity contribution is 5.81. The Balaban J connectivity index is 3.07. The first-order valence-corrected chi connectivity index (χ1v) is 4.72. The fourth-order valence-corrected chi connectivity index (χ4v) is 1.15. The summed E-state index contributed by atoms with van der Waals surface area (Å²) in [6, 6.07) is 2.75. The Labute approximate surface area is 105 Å². The summed E-state index contributed by atoms with van der Waals surface area (Å²) < 4.78 is 34.9. The van der Waals surface area contributed by atoms with Crippen LogP contribution in [-0.4, -0.2) is 24.0 Å². The van der Waals surface area contributed by atoms with Crippen molar-refractivity contribution < 1.29 is 28.0 Å². The van der Waals surface area contributed by atoms with Crippen LogP contribution in [0, 0.1) is 10.1 Å². The number of ether oxygens (including phenoxy) is 2. The third-order valence-electron chi connectivity index (χ3n) is 1.99. The molecule has 10 heteroatoms. The molecule has 3 N–H and O–H groups in total. The second-order valence-corrected chi connectivity index (χ2v) is 3.18. The smallest absolute Gasteiger partial charge is 0.483 e. The second-order valence-electron chi connectivity index (χ2n) is 3.18. The molecular formula is C9H9F2N3O5. The van der Waals surface area contributed by atoms with Gasteiger partial charge in [-0.05, 0) is 12.1 Å². The number of nitro benzene ring substituents is 1. The van der Waals surface area contributed by atoms with Gasteiger partial charge in [0, 0.05) is 0 Å². The van der Waals surface area contributed by atoms with E-state index >= 15 is 0 Å². The molecule has 0 aliphatic rings. The van der Waals surface area contributed by atoms with E-state index in [1.165, 1.54) is 12.5 Å². The number of carbonyl (C=O) groups is 1. The molecule has 19 heavy (non-hydrogen) atoms. The number of hydrogen-bond acceptors (Lipinski definition) is 6. The van der Waals surface area contributed by atoms with Crippen LogP contribution < -0.4 is 20.7 Å². The van der Waals surface area contributed by atoms with Gasteiger partial charge >= 0.3 is 17.7 Å². The molecule has 0 aliphatic heterocycles. The van der Waals surface area contributed by atoms with E-state index in [1.807, 2.05) is 0 Å². The predicted molar refractivity (Wildman–Crippen MR) is 57.6 cm³/mol. The highest BCUT2D eigenvalue weighted by Crippen LogP contribution is 2.32. The maximum atomic E-state index is 13.1. The predicted octanol–water partition coefficient (Wildman–Crippen LogP) is 0.565. The number of methoxy groups -OCH3 is 1. The van der Waals surface area contributed by atoms with Crippen molar-refractivity contribution in [2.75, 3.05) is 7.11 Å². The lowest BCUT2D eigenvalue weighted by Gasteiger charge is -2.15. The van der Waals surface area contributed by atoms with Crippen molar-refractivity contribution in [3.05, 3.63) is 28.3 Å². The minimum absolute atomic E-state index is 0.135. The molecule has 0 saturated carbocycles. The summed E-state index contributed by atoms with van der Waals surface area (Å²) in [5.74, 6) is 1.95. The first-order chi connectivity index (χ1) is 8.81. The third-order valence-corrected chi connectivity index (χ3v) is 1.99. The largest absolute Gasteiger partial charge is 0.490 e. The van der Waals surface area contributed by atoms with Crippen molar-refractivity contribution >= 4 is 11.6 Å². The molecule has 0 atom stereocenters. The van der Waals surface area contributed by atoms with Crippen molar-refractivity contribution in [1.82, 2.24) is 5.43 Å². The Hall–Kier alpha value is -2.49. The number of rotatable bonds is 5. The number of nitro groups is 1. The van der Waals surface area contributed by atoms with E-state index < -0.39 is 28.4 Å². The zero-order valence-electron chi connectivity index (χ0n) is 9.55. The second kappa shape index (κ2) is 5.44. The van der Waals surface area contributed by atoms with Crippen LogP contribution >= 0.6 is 0 Å². The van der Waals surface area contributed by atoms with Gasteiger partial charge in [-0.2, -0.15) is 8.78 Å². The Morgan fingerprint density at radius 1 is 1.53 bits per heavy atom. The van der Waals surface area contributed by atoms with E-state index in [1.54, 1.807) is 0 Å². The number of benzene rings is 1. The number of alkyl halides is 2. The van der Waals surface area contributed by atoms with Gasteiger partial charge in [0.1, 0.15) is 5.75 Å². The molecule has 0 spiro atoms. The molecule has 0 fully saturated rings. The summed E-state index contributed by atoms with van der Waals surface area (Å²) in [5.41, 5.74) is 0.633. The van der Waals surface area contributed by atoms with Crippen LogP contribution in [0.15, 0.2) is 18.2 Å². The van der Waals surface area contributed by atoms with Crippen LogP contribution in [0.1, 0.15) is 0 Å². The summed E-state index contributed by atoms with van der Waals surface area (Å²) in [4.78, 5) is 20.5. The van der Waals surface area contributed by atoms with Gasteiger partial charge in [0.2, 0.25) is 0 Å². The highest BCUT2D eigenvalue weighted by Gasteiger charge is 2.42. The fraction of sp³-hybridized carbons (Fsp3) is 0.222. The SMILES string of the molecule is COc1ccc(OC(F)(F)C(=O)NN)cc1[N+](=O)[O-]. The number of hydrazine groups is 1. The lowest BCUT2D eigenvalue weighted by atomic mass is 10.3. The molecule has 8 nitrogen and oxygen atoms in total. The lowest BCUT2D eigenvalue weighted by Crippen LogP contribution is -2.47. The minimum Gasteiger partial charge on any atom is -0.490 e. The molecule has 0 aliphatic carbocycles. The molecule has 0 bridgehead atoms. The van der Waals surface area contributed by atoms with E-state index in [0.717, 1.165) is 12.1 Å². The molecule has 0 heterocycles. The average molecular weight is 277 g/mol. The number of nitrogens with one attached hydrogen (secondary N) is 1. The maximum Gasteiger partial charge on any atom is 0.483 e. The van der Waals surface area contributed by atoms with Crippen LogP contribution in [0.4, 0.5) is 14.5 Å². The first-order valence-electron chi connectivity index (χ1n) is 4.72. The monoisotopic (exact) mass is 277 g/mol. The quantitative estimate of drug-likeness (QED) is 0.351. The zero-order chi connectivity index (χ0) is 14.6. The van der Waals surface area contributed by atoms with Crippen molar-refractivity contribution in [2.24, 2.45) is 5.84 Å². The zero-order valence-corrected chi connectivity index (χ0v) is 9.55. The Morgan fingerprint density at radius 3 is 2.63 bits per heavy atom. The van der Waals surface area contributed by atoms with Gasteiger partial charge in [-0.3, -0.25) is 20.3 Å². The summed E-state index contributed by atoms with van der Waals surface area (Å²) in [7, 11) is 1.18. The third kappa shape index (κ3) is 3.25. The van der Waals surface area contributed by atoms with Gasteiger partial charge in [-0.1, -0.05) is 0 Å². The first kappa shape index (κ1) is 14.6. The molecule has 1 amide bonds. The molecule has 1 rings (SSSR count). The van der Waals surface area contributed by atoms with Crippen LogP contribution in [-0.2, 0) is 4.79 Å². The molecule has 1 aromatic rings. The van der Waals surface area contributed by atoms with Crippen molar-refractivity contribution in [1.29, 1.82) is 0 Å². The normalized spacial score (nSPS) is 10.7. The van der Waals surface area contributed by atoms with Crippen molar-refractivity contribution in [2.45, 2.75) is 6.11 Å². The summed E-state index contributed by atoms with van der Waals surface area (Å²) in [6.07, 6.45) is -4.25. The van der Waals surface area contributed by atoms with E-state index in [0.29, 0.717) is 6.07 Å². The molecule has 1 aromatic carbocycles. The summed E-state index contributed by atoms with van der Waals surface area (Å²) >= 11 is 0. The van der Waals surface area contributed by atoms with Crippen LogP contribution in [0.2, 0.25) is 0 Å². The highest BCUT2D eigenvalue weighted by atomic mass is 19.3. The topological polar surface area (TPSA) is 117 Å². The van der Waals surface area contributed by atoms with Crippen molar-refractivity contribution in [3.8, 4) is 11.5 Å². The van der Waals surface area contributed by atoms with E-state index in [-0.39, 0.29) is 5.75 Å². The van der Waals surface area contributed by atoms with Gasteiger partial charge in [-0.15, -0.1) is 0 Å². The van der Waals surface area contributed by atoms with Gasteiger partial charge in [0.25, 0.3) is 0 Å². The fourth-order valence-electron chi connectivity index (χ4n) is 1.15. The van der Waals surface area contributed by atoms with Crippen LogP contribution in [0.25, 0.3) is 0 Å². The number of amides is 1. The Kier molecular flexibility index (Phi) is 4.17. The van der Waals surface area contributed by atoms with Crippen LogP contribution in [0.3, 0.4) is 0 Å². The van der Waals surface area contributed by atoms with Gasteiger partial charge in [-0.25, -0.2) is 5.84 Å². The number of hydrogen-bond donors (Lipinski definition) is 2. The van der Waals surface area contributed by atoms with Crippen LogP contribution in [0.5, 0.6) is 11.5 Å². The molecular weight excluding hydrogens is 268 g/mol. The van der Waals surface area contributed by atoms with Gasteiger partial charge in [0.05, 0.1) is 18.1 Å². The molecule has 0 aromatic heterocycles. The average Bonchev–Trinajstić information content (AvgIpc) is 2.37. The molecule has 0 saturated heterocycles. The number of halogens is 2. The number of carbonyl (C=O) groups excluding carboxylic acids is 1. The van der Waals surface area contributed by atoms with E-state index in [4.69, 9.17) is 0 Å². The molecule has 0 radical (unpaired) electrons. The van der Waals surface area contributed by atoms with Gasteiger partial charge < -0.3 is 9.47 Å². The molecule has 104 valence electrons. The summed E-state index contributed by atoms with van der Waals surface area (Å²) in [6.45, 7) is 0. The lowest BCUT2D eigenvalue weighted by molar-refractivity contribution is -0.385.